The van der Waals surface area contributed by atoms with Gasteiger partial charge in [0, 0.05) is 22.2 Å². The summed E-state index contributed by atoms with van der Waals surface area (Å²) in [5.41, 5.74) is 0. The first-order valence-corrected chi connectivity index (χ1v) is 8.42. The summed E-state index contributed by atoms with van der Waals surface area (Å²) >= 11 is 15.8. The van der Waals surface area contributed by atoms with E-state index in [2.05, 4.69) is 12.2 Å². The Morgan fingerprint density at radius 2 is 1.89 bits per heavy atom. The van der Waals surface area contributed by atoms with Crippen molar-refractivity contribution < 1.29 is 0 Å². The molecular formula is C13H15Cl2NS2. The van der Waals surface area contributed by atoms with Gasteiger partial charge in [0.1, 0.15) is 0 Å². The maximum absolute atomic E-state index is 6.23. The Labute approximate surface area is 126 Å². The molecule has 98 valence electrons. The van der Waals surface area contributed by atoms with Gasteiger partial charge >= 0.3 is 0 Å². The molecule has 1 atom stereocenters. The van der Waals surface area contributed by atoms with Gasteiger partial charge in [-0.15, -0.1) is 22.7 Å². The van der Waals surface area contributed by atoms with Crippen LogP contribution in [0.1, 0.15) is 29.1 Å². The lowest BCUT2D eigenvalue weighted by atomic mass is 10.1. The molecule has 18 heavy (non-hydrogen) atoms. The Hall–Kier alpha value is -0.0600. The Kier molecular flexibility index (Phi) is 5.52. The maximum atomic E-state index is 6.23. The molecule has 0 spiro atoms. The Morgan fingerprint density at radius 3 is 2.44 bits per heavy atom. The summed E-state index contributed by atoms with van der Waals surface area (Å²) in [6, 6.07) is 4.17. The largest absolute Gasteiger partial charge is 0.309 e. The molecule has 0 aliphatic carbocycles. The molecule has 2 heterocycles. The third kappa shape index (κ3) is 3.49. The van der Waals surface area contributed by atoms with Crippen LogP contribution >= 0.6 is 45.9 Å². The minimum absolute atomic E-state index is 0.258. The highest BCUT2D eigenvalue weighted by atomic mass is 35.5. The monoisotopic (exact) mass is 319 g/mol. The number of thiophene rings is 2. The van der Waals surface area contributed by atoms with Crippen molar-refractivity contribution in [2.75, 3.05) is 6.54 Å². The molecule has 0 saturated heterocycles. The molecule has 0 aliphatic rings. The molecule has 0 saturated carbocycles. The average molecular weight is 320 g/mol. The summed E-state index contributed by atoms with van der Waals surface area (Å²) in [6.07, 6.45) is 2.01. The number of hydrogen-bond donors (Lipinski definition) is 1. The van der Waals surface area contributed by atoms with Gasteiger partial charge in [0.05, 0.1) is 10.0 Å². The molecule has 1 N–H and O–H groups in total. The SMILES string of the molecule is CCCNC(Cc1sccc1Cl)c1sccc1Cl. The summed E-state index contributed by atoms with van der Waals surface area (Å²) < 4.78 is 0. The summed E-state index contributed by atoms with van der Waals surface area (Å²) in [6.45, 7) is 3.15. The van der Waals surface area contributed by atoms with Gasteiger partial charge in [-0.1, -0.05) is 30.1 Å². The number of nitrogens with one attached hydrogen (secondary N) is 1. The highest BCUT2D eigenvalue weighted by Gasteiger charge is 2.18. The molecule has 0 aliphatic heterocycles. The smallest absolute Gasteiger partial charge is 0.0561 e. The van der Waals surface area contributed by atoms with Crippen LogP contribution in [0.5, 0.6) is 0 Å². The summed E-state index contributed by atoms with van der Waals surface area (Å²) in [5, 5.41) is 9.33. The van der Waals surface area contributed by atoms with E-state index >= 15 is 0 Å². The fraction of sp³-hybridized carbons (Fsp3) is 0.385. The fourth-order valence-electron chi connectivity index (χ4n) is 1.79. The number of hydrogen-bond acceptors (Lipinski definition) is 3. The molecule has 0 fully saturated rings. The maximum Gasteiger partial charge on any atom is 0.0561 e. The van der Waals surface area contributed by atoms with Crippen LogP contribution < -0.4 is 5.32 Å². The van der Waals surface area contributed by atoms with Crippen molar-refractivity contribution >= 4 is 45.9 Å². The molecule has 2 aromatic heterocycles. The molecule has 2 aromatic rings. The standard InChI is InChI=1S/C13H15Cl2NS2/c1-2-5-16-11(13-10(15)4-7-18-13)8-12-9(14)3-6-17-12/h3-4,6-7,11,16H,2,5,8H2,1H3. The lowest BCUT2D eigenvalue weighted by molar-refractivity contribution is 0.540. The molecule has 2 rings (SSSR count). The van der Waals surface area contributed by atoms with E-state index in [1.54, 1.807) is 22.7 Å². The van der Waals surface area contributed by atoms with Crippen molar-refractivity contribution in [1.82, 2.24) is 5.32 Å². The van der Waals surface area contributed by atoms with Crippen molar-refractivity contribution in [2.45, 2.75) is 25.8 Å². The Balaban J connectivity index is 2.15. The second-order valence-corrected chi connectivity index (χ2v) is 6.80. The van der Waals surface area contributed by atoms with Gasteiger partial charge in [-0.2, -0.15) is 0 Å². The van der Waals surface area contributed by atoms with Gasteiger partial charge in [0.25, 0.3) is 0 Å². The molecule has 5 heteroatoms. The van der Waals surface area contributed by atoms with Crippen LogP contribution in [0.4, 0.5) is 0 Å². The molecule has 0 radical (unpaired) electrons. The minimum atomic E-state index is 0.258. The van der Waals surface area contributed by atoms with Crippen molar-refractivity contribution in [2.24, 2.45) is 0 Å². The van der Waals surface area contributed by atoms with Crippen LogP contribution in [0.15, 0.2) is 22.9 Å². The van der Waals surface area contributed by atoms with Gasteiger partial charge in [0.2, 0.25) is 0 Å². The van der Waals surface area contributed by atoms with Gasteiger partial charge in [-0.05, 0) is 35.9 Å². The van der Waals surface area contributed by atoms with E-state index in [1.165, 1.54) is 9.75 Å². The van der Waals surface area contributed by atoms with Gasteiger partial charge in [0.15, 0.2) is 0 Å². The van der Waals surface area contributed by atoms with E-state index in [4.69, 9.17) is 23.2 Å². The van der Waals surface area contributed by atoms with E-state index in [0.717, 1.165) is 29.4 Å². The number of rotatable bonds is 6. The van der Waals surface area contributed by atoms with Crippen molar-refractivity contribution in [3.05, 3.63) is 42.7 Å². The van der Waals surface area contributed by atoms with Crippen molar-refractivity contribution in [3.63, 3.8) is 0 Å². The topological polar surface area (TPSA) is 12.0 Å². The quantitative estimate of drug-likeness (QED) is 0.751. The molecule has 0 bridgehead atoms. The predicted octanol–water partition coefficient (Wildman–Crippen LogP) is 5.40. The molecule has 1 unspecified atom stereocenters. The molecule has 1 nitrogen and oxygen atoms in total. The van der Waals surface area contributed by atoms with Crippen LogP contribution in [0, 0.1) is 0 Å². The second kappa shape index (κ2) is 6.92. The fourth-order valence-corrected chi connectivity index (χ4v) is 4.21. The summed E-state index contributed by atoms with van der Waals surface area (Å²) in [5.74, 6) is 0. The van der Waals surface area contributed by atoms with E-state index in [1.807, 2.05) is 22.9 Å². The Bertz CT molecular complexity index is 493. The lowest BCUT2D eigenvalue weighted by Gasteiger charge is -2.17. The van der Waals surface area contributed by atoms with E-state index < -0.39 is 0 Å². The molecule has 0 aromatic carbocycles. The van der Waals surface area contributed by atoms with E-state index in [9.17, 15) is 0 Å². The Morgan fingerprint density at radius 1 is 1.17 bits per heavy atom. The van der Waals surface area contributed by atoms with Gasteiger partial charge in [-0.3, -0.25) is 0 Å². The van der Waals surface area contributed by atoms with Gasteiger partial charge < -0.3 is 5.32 Å². The first-order valence-electron chi connectivity index (χ1n) is 5.90. The first kappa shape index (κ1) is 14.4. The number of halogens is 2. The van der Waals surface area contributed by atoms with E-state index in [0.29, 0.717) is 0 Å². The van der Waals surface area contributed by atoms with Crippen LogP contribution in [-0.2, 0) is 6.42 Å². The summed E-state index contributed by atoms with van der Waals surface area (Å²) in [4.78, 5) is 2.42. The highest BCUT2D eigenvalue weighted by molar-refractivity contribution is 7.11. The van der Waals surface area contributed by atoms with Crippen LogP contribution in [0.25, 0.3) is 0 Å². The third-order valence-corrected chi connectivity index (χ3v) is 5.56. The predicted molar refractivity (Wildman–Crippen MR) is 83.4 cm³/mol. The highest BCUT2D eigenvalue weighted by Crippen LogP contribution is 2.33. The minimum Gasteiger partial charge on any atom is -0.309 e. The normalized spacial score (nSPS) is 12.8. The summed E-state index contributed by atoms with van der Waals surface area (Å²) in [7, 11) is 0. The molecular weight excluding hydrogens is 305 g/mol. The first-order chi connectivity index (χ1) is 8.72. The average Bonchev–Trinajstić information content (AvgIpc) is 2.94. The molecule has 0 amide bonds. The zero-order valence-corrected chi connectivity index (χ0v) is 13.2. The van der Waals surface area contributed by atoms with Crippen molar-refractivity contribution in [3.8, 4) is 0 Å². The van der Waals surface area contributed by atoms with Crippen molar-refractivity contribution in [1.29, 1.82) is 0 Å². The van der Waals surface area contributed by atoms with Crippen LogP contribution in [0.2, 0.25) is 10.0 Å². The van der Waals surface area contributed by atoms with Gasteiger partial charge in [-0.25, -0.2) is 0 Å². The lowest BCUT2D eigenvalue weighted by Crippen LogP contribution is -2.23. The zero-order valence-electron chi connectivity index (χ0n) is 10.1. The van der Waals surface area contributed by atoms with Crippen LogP contribution in [-0.4, -0.2) is 6.54 Å². The third-order valence-electron chi connectivity index (χ3n) is 2.68. The van der Waals surface area contributed by atoms with E-state index in [-0.39, 0.29) is 6.04 Å². The second-order valence-electron chi connectivity index (χ2n) is 4.04. The zero-order chi connectivity index (χ0) is 13.0. The van der Waals surface area contributed by atoms with Crippen LogP contribution in [0.3, 0.4) is 0 Å².